The van der Waals surface area contributed by atoms with Crippen LogP contribution in [0.3, 0.4) is 0 Å². The molecule has 4 nitrogen and oxygen atoms in total. The zero-order valence-corrected chi connectivity index (χ0v) is 14.3. The first-order valence-corrected chi connectivity index (χ1v) is 8.57. The molecule has 1 aliphatic carbocycles. The first-order valence-electron chi connectivity index (χ1n) is 8.57. The highest BCUT2D eigenvalue weighted by molar-refractivity contribution is 5.78. The summed E-state index contributed by atoms with van der Waals surface area (Å²) < 4.78 is 0. The maximum absolute atomic E-state index is 11.3. The number of unbranched alkanes of at least 4 members (excludes halogenated alkanes) is 1. The molecule has 0 saturated heterocycles. The Morgan fingerprint density at radius 3 is 2.67 bits per heavy atom. The van der Waals surface area contributed by atoms with Crippen LogP contribution in [-0.2, 0) is 4.79 Å². The van der Waals surface area contributed by atoms with E-state index < -0.39 is 11.5 Å². The van der Waals surface area contributed by atoms with Gasteiger partial charge in [0, 0.05) is 6.04 Å². The van der Waals surface area contributed by atoms with E-state index in [0.717, 1.165) is 31.3 Å². The topological polar surface area (TPSA) is 52.6 Å². The van der Waals surface area contributed by atoms with E-state index in [1.807, 2.05) is 6.92 Å². The molecule has 0 heterocycles. The minimum atomic E-state index is -0.771. The van der Waals surface area contributed by atoms with E-state index >= 15 is 0 Å². The minimum absolute atomic E-state index is 0.697. The maximum Gasteiger partial charge on any atom is 0.323 e. The predicted molar refractivity (Wildman–Crippen MR) is 87.6 cm³/mol. The fraction of sp³-hybridized carbons (Fsp3) is 0.941. The molecule has 2 N–H and O–H groups in total. The van der Waals surface area contributed by atoms with Crippen molar-refractivity contribution in [2.45, 2.75) is 77.3 Å². The Balaban J connectivity index is 2.27. The predicted octanol–water partition coefficient (Wildman–Crippen LogP) is 3.12. The number of likely N-dealkylation sites (N-methyl/N-ethyl adjacent to an activating group) is 1. The molecule has 0 spiro atoms. The van der Waals surface area contributed by atoms with Crippen molar-refractivity contribution in [3.05, 3.63) is 0 Å². The van der Waals surface area contributed by atoms with Gasteiger partial charge in [0.05, 0.1) is 0 Å². The second-order valence-electron chi connectivity index (χ2n) is 7.03. The number of hydrogen-bond donors (Lipinski definition) is 2. The van der Waals surface area contributed by atoms with Gasteiger partial charge in [-0.3, -0.25) is 4.79 Å². The number of carbonyl (C=O) groups is 1. The summed E-state index contributed by atoms with van der Waals surface area (Å²) in [5.74, 6) is 0.120. The van der Waals surface area contributed by atoms with Gasteiger partial charge in [0.25, 0.3) is 0 Å². The van der Waals surface area contributed by atoms with Gasteiger partial charge in [-0.05, 0) is 65.1 Å². The van der Waals surface area contributed by atoms with E-state index in [9.17, 15) is 9.90 Å². The number of carboxylic acids is 1. The van der Waals surface area contributed by atoms with Crippen molar-refractivity contribution in [2.24, 2.45) is 5.92 Å². The third-order valence-corrected chi connectivity index (χ3v) is 5.01. The van der Waals surface area contributed by atoms with Gasteiger partial charge in [0.2, 0.25) is 0 Å². The molecular weight excluding hydrogens is 264 g/mol. The molecule has 0 amide bonds. The van der Waals surface area contributed by atoms with Crippen LogP contribution in [0.5, 0.6) is 0 Å². The molecule has 124 valence electrons. The molecule has 0 aromatic heterocycles. The normalized spacial score (nSPS) is 25.8. The summed E-state index contributed by atoms with van der Waals surface area (Å²) in [4.78, 5) is 13.8. The summed E-state index contributed by atoms with van der Waals surface area (Å²) in [7, 11) is 2.23. The molecule has 0 aromatic carbocycles. The van der Waals surface area contributed by atoms with E-state index in [2.05, 4.69) is 24.2 Å². The number of carboxylic acid groups (broad SMARTS) is 1. The lowest BCUT2D eigenvalue weighted by molar-refractivity contribution is -0.144. The molecule has 0 aromatic rings. The smallest absolute Gasteiger partial charge is 0.323 e. The summed E-state index contributed by atoms with van der Waals surface area (Å²) in [5.41, 5.74) is -0.771. The molecule has 1 fully saturated rings. The first-order chi connectivity index (χ1) is 9.89. The van der Waals surface area contributed by atoms with Gasteiger partial charge in [0.15, 0.2) is 0 Å². The van der Waals surface area contributed by atoms with Crippen LogP contribution in [0.2, 0.25) is 0 Å². The molecule has 0 aliphatic heterocycles. The minimum Gasteiger partial charge on any atom is -0.480 e. The Hall–Kier alpha value is -0.610. The fourth-order valence-corrected chi connectivity index (χ4v) is 3.49. The molecule has 0 bridgehead atoms. The Labute approximate surface area is 130 Å². The molecular formula is C17H34N2O2. The summed E-state index contributed by atoms with van der Waals surface area (Å²) in [6.07, 6.45) is 8.12. The highest BCUT2D eigenvalue weighted by Gasteiger charge is 2.31. The van der Waals surface area contributed by atoms with Crippen LogP contribution < -0.4 is 5.32 Å². The lowest BCUT2D eigenvalue weighted by Gasteiger charge is -2.34. The maximum atomic E-state index is 11.3. The lowest BCUT2D eigenvalue weighted by Crippen LogP contribution is -2.49. The van der Waals surface area contributed by atoms with Crippen LogP contribution in [0.25, 0.3) is 0 Å². The Morgan fingerprint density at radius 2 is 2.10 bits per heavy atom. The van der Waals surface area contributed by atoms with Crippen molar-refractivity contribution >= 4 is 5.97 Å². The van der Waals surface area contributed by atoms with Gasteiger partial charge >= 0.3 is 5.97 Å². The SMILES string of the molecule is CCNC(C)(CCCCN(C)C1CCCC(C)C1)C(=O)O. The van der Waals surface area contributed by atoms with E-state index in [4.69, 9.17) is 0 Å². The van der Waals surface area contributed by atoms with Crippen molar-refractivity contribution in [1.29, 1.82) is 0 Å². The van der Waals surface area contributed by atoms with E-state index in [-0.39, 0.29) is 0 Å². The summed E-state index contributed by atoms with van der Waals surface area (Å²) >= 11 is 0. The number of rotatable bonds is 9. The van der Waals surface area contributed by atoms with Crippen molar-refractivity contribution in [3.8, 4) is 0 Å². The number of nitrogens with zero attached hydrogens (tertiary/aromatic N) is 1. The van der Waals surface area contributed by atoms with Gasteiger partial charge < -0.3 is 15.3 Å². The lowest BCUT2D eigenvalue weighted by atomic mass is 9.86. The molecule has 21 heavy (non-hydrogen) atoms. The third-order valence-electron chi connectivity index (χ3n) is 5.01. The second kappa shape index (κ2) is 8.74. The monoisotopic (exact) mass is 298 g/mol. The molecule has 3 unspecified atom stereocenters. The summed E-state index contributed by atoms with van der Waals surface area (Å²) in [6, 6.07) is 0.730. The van der Waals surface area contributed by atoms with Gasteiger partial charge in [0.1, 0.15) is 5.54 Å². The van der Waals surface area contributed by atoms with Crippen molar-refractivity contribution in [1.82, 2.24) is 10.2 Å². The van der Waals surface area contributed by atoms with Crippen LogP contribution in [0.4, 0.5) is 0 Å². The zero-order chi connectivity index (χ0) is 15.9. The van der Waals surface area contributed by atoms with Crippen molar-refractivity contribution < 1.29 is 9.90 Å². The third kappa shape index (κ3) is 5.95. The van der Waals surface area contributed by atoms with Gasteiger partial charge in [-0.25, -0.2) is 0 Å². The summed E-state index contributed by atoms with van der Waals surface area (Å²) in [5, 5.41) is 12.4. The number of aliphatic carboxylic acids is 1. The second-order valence-corrected chi connectivity index (χ2v) is 7.03. The average Bonchev–Trinajstić information content (AvgIpc) is 2.43. The quantitative estimate of drug-likeness (QED) is 0.642. The highest BCUT2D eigenvalue weighted by Crippen LogP contribution is 2.27. The van der Waals surface area contributed by atoms with Crippen LogP contribution in [-0.4, -0.2) is 47.7 Å². The standard InChI is InChI=1S/C17H34N2O2/c1-5-18-17(3,16(20)21)11-6-7-12-19(4)15-10-8-9-14(2)13-15/h14-15,18H,5-13H2,1-4H3,(H,20,21). The van der Waals surface area contributed by atoms with Gasteiger partial charge in [-0.2, -0.15) is 0 Å². The van der Waals surface area contributed by atoms with Gasteiger partial charge in [-0.1, -0.05) is 26.7 Å². The Morgan fingerprint density at radius 1 is 1.38 bits per heavy atom. The Kier molecular flexibility index (Phi) is 7.67. The van der Waals surface area contributed by atoms with Crippen LogP contribution in [0.1, 0.15) is 65.7 Å². The molecule has 1 saturated carbocycles. The van der Waals surface area contributed by atoms with Crippen LogP contribution >= 0.6 is 0 Å². The molecule has 1 rings (SSSR count). The fourth-order valence-electron chi connectivity index (χ4n) is 3.49. The van der Waals surface area contributed by atoms with E-state index in [1.165, 1.54) is 25.7 Å². The first kappa shape index (κ1) is 18.4. The molecule has 1 aliphatic rings. The molecule has 0 radical (unpaired) electrons. The van der Waals surface area contributed by atoms with E-state index in [1.54, 1.807) is 6.92 Å². The number of nitrogens with one attached hydrogen (secondary N) is 1. The number of hydrogen-bond acceptors (Lipinski definition) is 3. The largest absolute Gasteiger partial charge is 0.480 e. The average molecular weight is 298 g/mol. The van der Waals surface area contributed by atoms with Crippen LogP contribution in [0.15, 0.2) is 0 Å². The zero-order valence-electron chi connectivity index (χ0n) is 14.3. The molecule has 3 atom stereocenters. The van der Waals surface area contributed by atoms with Crippen molar-refractivity contribution in [2.75, 3.05) is 20.1 Å². The highest BCUT2D eigenvalue weighted by atomic mass is 16.4. The van der Waals surface area contributed by atoms with Crippen molar-refractivity contribution in [3.63, 3.8) is 0 Å². The van der Waals surface area contributed by atoms with Crippen LogP contribution in [0, 0.1) is 5.92 Å². The summed E-state index contributed by atoms with van der Waals surface area (Å²) in [6.45, 7) is 7.89. The van der Waals surface area contributed by atoms with Gasteiger partial charge in [-0.15, -0.1) is 0 Å². The Bertz CT molecular complexity index is 322. The van der Waals surface area contributed by atoms with E-state index in [0.29, 0.717) is 13.0 Å². The molecule has 4 heteroatoms.